The summed E-state index contributed by atoms with van der Waals surface area (Å²) in [6.07, 6.45) is 2.26. The molecule has 0 bridgehead atoms. The molecule has 0 spiro atoms. The molecule has 0 fully saturated rings. The molecule has 10 heteroatoms. The summed E-state index contributed by atoms with van der Waals surface area (Å²) in [5.41, 5.74) is 2.86. The first-order valence-electron chi connectivity index (χ1n) is 9.29. The van der Waals surface area contributed by atoms with Crippen molar-refractivity contribution in [1.82, 2.24) is 0 Å². The lowest BCUT2D eigenvalue weighted by Crippen LogP contribution is -3.61. The monoisotopic (exact) mass is 584 g/mol. The van der Waals surface area contributed by atoms with E-state index in [4.69, 9.17) is 0 Å². The van der Waals surface area contributed by atoms with Gasteiger partial charge >= 0.3 is 21.2 Å². The summed E-state index contributed by atoms with van der Waals surface area (Å²) in [5, 5.41) is 0. The predicted molar refractivity (Wildman–Crippen MR) is 103 cm³/mol. The predicted octanol–water partition coefficient (Wildman–Crippen LogP) is 2.23. The van der Waals surface area contributed by atoms with E-state index in [-0.39, 0.29) is 21.2 Å². The number of hydrogen-bond acceptors (Lipinski definition) is 3. The molecule has 3 nitrogen and oxygen atoms in total. The van der Waals surface area contributed by atoms with Crippen LogP contribution in [-0.2, 0) is 23.0 Å². The highest BCUT2D eigenvalue weighted by Crippen LogP contribution is 2.26. The second-order valence-electron chi connectivity index (χ2n) is 6.41. The molecule has 0 saturated heterocycles. The average molecular weight is 584 g/mol. The quantitative estimate of drug-likeness (QED) is 0.152. The fourth-order valence-corrected chi connectivity index (χ4v) is 5.27. The van der Waals surface area contributed by atoms with Crippen molar-refractivity contribution in [3.8, 4) is 0 Å². The molecule has 3 aromatic rings. The molecule has 3 rings (SSSR count). The summed E-state index contributed by atoms with van der Waals surface area (Å²) in [4.78, 5) is -2.38. The van der Waals surface area contributed by atoms with E-state index in [1.165, 1.54) is 18.3 Å². The Balaban J connectivity index is 0.000000229. The Morgan fingerprint density at radius 1 is 0.656 bits per heavy atom. The minimum absolute atomic E-state index is 0.00746. The maximum absolute atomic E-state index is 12.6. The van der Waals surface area contributed by atoms with Gasteiger partial charge in [0.1, 0.15) is 15.0 Å². The van der Waals surface area contributed by atoms with Gasteiger partial charge < -0.3 is 4.55 Å². The highest BCUT2D eigenvalue weighted by Gasteiger charge is 2.28. The van der Waals surface area contributed by atoms with Crippen LogP contribution < -0.4 is 21.2 Å². The average Bonchev–Trinajstić information content (AvgIpc) is 2.77. The second-order valence-corrected chi connectivity index (χ2v) is 10.8. The molecule has 32 heavy (non-hydrogen) atoms. The topological polar surface area (TPSA) is 57.2 Å². The Bertz CT molecular complexity index is 1110. The van der Waals surface area contributed by atoms with Crippen molar-refractivity contribution in [1.29, 1.82) is 0 Å². The van der Waals surface area contributed by atoms with Crippen LogP contribution >= 0.6 is 0 Å². The van der Waals surface area contributed by atoms with Gasteiger partial charge in [-0.05, 0) is 48.2 Å². The van der Waals surface area contributed by atoms with Gasteiger partial charge in [-0.1, -0.05) is 38.1 Å². The van der Waals surface area contributed by atoms with Gasteiger partial charge in [0.15, 0.2) is 30.4 Å². The standard InChI is InChI=1S/C16H18I.C6HF5O3S/c1-3-13-5-9-15(10-6-13)17-16-11-7-14(4-2)8-12-16;7-1-2(8)4(10)6(15(12,13)14)5(11)3(1)9/h5-12H,3-4H2,1-2H3;(H,12,13,14)/q+1;/p-1. The normalized spacial score (nSPS) is 11.1. The van der Waals surface area contributed by atoms with Gasteiger partial charge in [0.25, 0.3) is 0 Å². The molecule has 0 amide bonds. The Kier molecular flexibility index (Phi) is 9.17. The maximum atomic E-state index is 12.6. The molecular formula is C22H18F5IO3S. The first-order valence-corrected chi connectivity index (χ1v) is 12.9. The summed E-state index contributed by atoms with van der Waals surface area (Å²) < 4.78 is 95.9. The SMILES string of the molecule is CCc1ccc([I+]c2ccc(CC)cc2)cc1.O=S(=O)([O-])c1c(F)c(F)c(F)c(F)c1F. The van der Waals surface area contributed by atoms with Gasteiger partial charge in [-0.15, -0.1) is 0 Å². The maximum Gasteiger partial charge on any atom is 0.357 e. The zero-order valence-corrected chi connectivity index (χ0v) is 19.9. The van der Waals surface area contributed by atoms with Gasteiger partial charge in [0.05, 0.1) is 0 Å². The van der Waals surface area contributed by atoms with Crippen molar-refractivity contribution < 1.29 is 56.1 Å². The Hall–Kier alpha value is -2.05. The number of hydrogen-bond donors (Lipinski definition) is 0. The molecule has 0 radical (unpaired) electrons. The number of rotatable bonds is 5. The summed E-state index contributed by atoms with van der Waals surface area (Å²) in [6, 6.07) is 18.2. The zero-order valence-electron chi connectivity index (χ0n) is 16.9. The van der Waals surface area contributed by atoms with Gasteiger partial charge in [0.2, 0.25) is 5.82 Å². The number of halogens is 6. The zero-order chi connectivity index (χ0) is 24.1. The lowest BCUT2D eigenvalue weighted by molar-refractivity contribution is -0.597. The van der Waals surface area contributed by atoms with Crippen molar-refractivity contribution in [2.45, 2.75) is 31.6 Å². The fourth-order valence-electron chi connectivity index (χ4n) is 2.50. The third-order valence-electron chi connectivity index (χ3n) is 4.28. The van der Waals surface area contributed by atoms with Crippen LogP contribution in [0.1, 0.15) is 25.0 Å². The second kappa shape index (κ2) is 11.2. The highest BCUT2D eigenvalue weighted by atomic mass is 127. The Labute approximate surface area is 193 Å². The van der Waals surface area contributed by atoms with Crippen LogP contribution in [0.15, 0.2) is 53.4 Å². The summed E-state index contributed by atoms with van der Waals surface area (Å²) >= 11 is -0.00746. The molecule has 172 valence electrons. The molecular weight excluding hydrogens is 566 g/mol. The summed E-state index contributed by atoms with van der Waals surface area (Å²) in [7, 11) is -5.77. The number of benzene rings is 3. The molecule has 0 heterocycles. The van der Waals surface area contributed by atoms with Gasteiger partial charge in [0, 0.05) is 0 Å². The van der Waals surface area contributed by atoms with Crippen LogP contribution in [0.3, 0.4) is 0 Å². The Morgan fingerprint density at radius 2 is 0.969 bits per heavy atom. The van der Waals surface area contributed by atoms with Crippen LogP contribution in [0.2, 0.25) is 0 Å². The van der Waals surface area contributed by atoms with Gasteiger partial charge in [-0.2, -0.15) is 0 Å². The third kappa shape index (κ3) is 6.48. The lowest BCUT2D eigenvalue weighted by atomic mass is 10.2. The van der Waals surface area contributed by atoms with E-state index in [2.05, 4.69) is 62.4 Å². The van der Waals surface area contributed by atoms with Gasteiger partial charge in [-0.25, -0.2) is 30.4 Å². The van der Waals surface area contributed by atoms with Crippen molar-refractivity contribution in [3.05, 3.63) is 95.9 Å². The molecule has 0 aliphatic carbocycles. The van der Waals surface area contributed by atoms with Crippen LogP contribution in [0, 0.1) is 36.2 Å². The van der Waals surface area contributed by atoms with Crippen LogP contribution in [0.25, 0.3) is 0 Å². The van der Waals surface area contributed by atoms with Crippen LogP contribution in [0.5, 0.6) is 0 Å². The van der Waals surface area contributed by atoms with Gasteiger partial charge in [-0.3, -0.25) is 0 Å². The molecule has 0 N–H and O–H groups in total. The molecule has 0 aliphatic rings. The van der Waals surface area contributed by atoms with E-state index in [0.717, 1.165) is 12.8 Å². The molecule has 0 saturated carbocycles. The smallest absolute Gasteiger partial charge is 0.357 e. The fraction of sp³-hybridized carbons (Fsp3) is 0.182. The largest absolute Gasteiger partial charge is 0.744 e. The van der Waals surface area contributed by atoms with Crippen molar-refractivity contribution in [2.75, 3.05) is 0 Å². The molecule has 0 atom stereocenters. The minimum atomic E-state index is -5.77. The Morgan fingerprint density at radius 3 is 1.25 bits per heavy atom. The first-order chi connectivity index (χ1) is 15.0. The first kappa shape index (κ1) is 26.2. The molecule has 0 aromatic heterocycles. The molecule has 0 unspecified atom stereocenters. The number of aryl methyl sites for hydroxylation is 2. The van der Waals surface area contributed by atoms with Crippen molar-refractivity contribution in [3.63, 3.8) is 0 Å². The minimum Gasteiger partial charge on any atom is -0.744 e. The van der Waals surface area contributed by atoms with Crippen LogP contribution in [-0.4, -0.2) is 13.0 Å². The van der Waals surface area contributed by atoms with Crippen molar-refractivity contribution in [2.24, 2.45) is 0 Å². The highest BCUT2D eigenvalue weighted by molar-refractivity contribution is 7.85. The van der Waals surface area contributed by atoms with E-state index >= 15 is 0 Å². The lowest BCUT2D eigenvalue weighted by Gasteiger charge is -2.10. The van der Waals surface area contributed by atoms with E-state index < -0.39 is 44.1 Å². The summed E-state index contributed by atoms with van der Waals surface area (Å²) in [6.45, 7) is 4.40. The molecule has 0 aliphatic heterocycles. The summed E-state index contributed by atoms with van der Waals surface area (Å²) in [5.74, 6) is -12.8. The molecule has 3 aromatic carbocycles. The van der Waals surface area contributed by atoms with E-state index in [0.29, 0.717) is 0 Å². The van der Waals surface area contributed by atoms with E-state index in [9.17, 15) is 34.9 Å². The third-order valence-corrected chi connectivity index (χ3v) is 7.82. The van der Waals surface area contributed by atoms with Crippen molar-refractivity contribution >= 4 is 10.1 Å². The van der Waals surface area contributed by atoms with E-state index in [1.807, 2.05) is 0 Å². The van der Waals surface area contributed by atoms with Crippen LogP contribution in [0.4, 0.5) is 22.0 Å². The van der Waals surface area contributed by atoms with E-state index in [1.54, 1.807) is 0 Å².